The Morgan fingerprint density at radius 1 is 1.71 bits per heavy atom. The van der Waals surface area contributed by atoms with Crippen molar-refractivity contribution in [3.63, 3.8) is 0 Å². The molecule has 0 aromatic carbocycles. The van der Waals surface area contributed by atoms with E-state index < -0.39 is 5.97 Å². The molecule has 92 valence electrons. The zero-order chi connectivity index (χ0) is 13.2. The van der Waals surface area contributed by atoms with Gasteiger partial charge in [-0.1, -0.05) is 0 Å². The molecule has 17 heavy (non-hydrogen) atoms. The molecule has 0 radical (unpaired) electrons. The molecule has 6 heteroatoms. The zero-order valence-corrected chi connectivity index (χ0v) is 10.4. The number of aromatic nitrogens is 2. The fraction of sp³-hybridized carbons (Fsp3) is 0.545. The molecule has 0 fully saturated rings. The molecule has 0 amide bonds. The topological polar surface area (TPSA) is 82.2 Å². The van der Waals surface area contributed by atoms with Crippen molar-refractivity contribution in [3.05, 3.63) is 11.3 Å². The van der Waals surface area contributed by atoms with Gasteiger partial charge in [-0.15, -0.1) is 0 Å². The first-order chi connectivity index (χ1) is 7.88. The first kappa shape index (κ1) is 13.0. The van der Waals surface area contributed by atoms with Gasteiger partial charge in [0.2, 0.25) is 0 Å². The number of hydrogen-bond acceptors (Lipinski definition) is 4. The Morgan fingerprint density at radius 3 is 2.76 bits per heavy atom. The Balaban J connectivity index is 3.13. The Morgan fingerprint density at radius 2 is 2.29 bits per heavy atom. The van der Waals surface area contributed by atoms with Crippen LogP contribution >= 0.6 is 0 Å². The van der Waals surface area contributed by atoms with E-state index in [0.717, 1.165) is 0 Å². The van der Waals surface area contributed by atoms with Crippen LogP contribution in [0.25, 0.3) is 0 Å². The highest BCUT2D eigenvalue weighted by atomic mass is 16.4. The molecular weight excluding hydrogens is 220 g/mol. The van der Waals surface area contributed by atoms with Gasteiger partial charge in [-0.25, -0.2) is 4.79 Å². The molecule has 0 saturated heterocycles. The number of aryl methyl sites for hydroxylation is 2. The Labute approximate surface area is 100 Å². The number of carbonyl (C=O) groups is 1. The number of aromatic carboxylic acids is 1. The second-order valence-corrected chi connectivity index (χ2v) is 4.12. The number of carboxylic acids is 1. The molecule has 0 aliphatic heterocycles. The van der Waals surface area contributed by atoms with Crippen LogP contribution in [0.5, 0.6) is 0 Å². The van der Waals surface area contributed by atoms with Crippen LogP contribution in [0.3, 0.4) is 0 Å². The van der Waals surface area contributed by atoms with Crippen LogP contribution in [0.1, 0.15) is 23.0 Å². The van der Waals surface area contributed by atoms with E-state index in [1.165, 1.54) is 4.68 Å². The van der Waals surface area contributed by atoms with Crippen molar-refractivity contribution in [2.45, 2.75) is 13.8 Å². The molecule has 1 atom stereocenters. The van der Waals surface area contributed by atoms with Crippen molar-refractivity contribution in [2.75, 3.05) is 18.5 Å². The van der Waals surface area contributed by atoms with E-state index in [9.17, 15) is 4.79 Å². The molecule has 1 rings (SSSR count). The Bertz CT molecular complexity index is 473. The highest BCUT2D eigenvalue weighted by molar-refractivity contribution is 5.94. The molecular formula is C11H16N4O2. The maximum absolute atomic E-state index is 11.2. The van der Waals surface area contributed by atoms with Crippen molar-refractivity contribution in [3.8, 4) is 6.07 Å². The first-order valence-electron chi connectivity index (χ1n) is 5.26. The predicted molar refractivity (Wildman–Crippen MR) is 63.0 cm³/mol. The molecule has 6 nitrogen and oxygen atoms in total. The molecule has 1 heterocycles. The summed E-state index contributed by atoms with van der Waals surface area (Å²) in [6, 6.07) is 2.12. The van der Waals surface area contributed by atoms with Crippen LogP contribution in [0.2, 0.25) is 0 Å². The molecule has 1 aromatic heterocycles. The lowest BCUT2D eigenvalue weighted by Crippen LogP contribution is -2.26. The summed E-state index contributed by atoms with van der Waals surface area (Å²) in [6.07, 6.45) is 0. The van der Waals surface area contributed by atoms with Crippen LogP contribution in [0.15, 0.2) is 0 Å². The van der Waals surface area contributed by atoms with Crippen LogP contribution in [0.4, 0.5) is 5.82 Å². The summed E-state index contributed by atoms with van der Waals surface area (Å²) in [4.78, 5) is 12.9. The van der Waals surface area contributed by atoms with Crippen LogP contribution in [0, 0.1) is 24.2 Å². The van der Waals surface area contributed by atoms with Gasteiger partial charge in [0.15, 0.2) is 0 Å². The van der Waals surface area contributed by atoms with Crippen LogP contribution in [-0.2, 0) is 7.05 Å². The molecule has 0 spiro atoms. The minimum atomic E-state index is -0.998. The van der Waals surface area contributed by atoms with Gasteiger partial charge in [0.05, 0.1) is 17.7 Å². The molecule has 1 aromatic rings. The maximum Gasteiger partial charge on any atom is 0.341 e. The minimum absolute atomic E-state index is 0.170. The lowest BCUT2D eigenvalue weighted by atomic mass is 10.2. The third-order valence-corrected chi connectivity index (χ3v) is 2.54. The average molecular weight is 236 g/mol. The summed E-state index contributed by atoms with van der Waals surface area (Å²) in [5.41, 5.74) is 0.673. The average Bonchev–Trinajstić information content (AvgIpc) is 2.53. The monoisotopic (exact) mass is 236 g/mol. The third kappa shape index (κ3) is 2.56. The summed E-state index contributed by atoms with van der Waals surface area (Å²) in [7, 11) is 3.46. The standard InChI is InChI=1S/C11H16N4O2/c1-7(5-12)6-14(3)10-9(11(16)17)8(2)13-15(10)4/h7H,6H2,1-4H3,(H,16,17). The number of nitriles is 1. The second-order valence-electron chi connectivity index (χ2n) is 4.12. The van der Waals surface area contributed by atoms with Crippen LogP contribution < -0.4 is 4.90 Å². The van der Waals surface area contributed by atoms with Crippen molar-refractivity contribution in [1.29, 1.82) is 5.26 Å². The fourth-order valence-corrected chi connectivity index (χ4v) is 1.87. The molecule has 0 saturated carbocycles. The number of rotatable bonds is 4. The normalized spacial score (nSPS) is 11.9. The summed E-state index contributed by atoms with van der Waals surface area (Å²) in [5.74, 6) is -0.643. The van der Waals surface area contributed by atoms with Gasteiger partial charge in [-0.3, -0.25) is 4.68 Å². The van der Waals surface area contributed by atoms with Crippen LogP contribution in [-0.4, -0.2) is 34.4 Å². The highest BCUT2D eigenvalue weighted by Gasteiger charge is 2.23. The summed E-state index contributed by atoms with van der Waals surface area (Å²) >= 11 is 0. The number of hydrogen-bond donors (Lipinski definition) is 1. The van der Waals surface area contributed by atoms with Gasteiger partial charge in [-0.05, 0) is 13.8 Å². The lowest BCUT2D eigenvalue weighted by Gasteiger charge is -2.21. The largest absolute Gasteiger partial charge is 0.477 e. The van der Waals surface area contributed by atoms with Gasteiger partial charge in [0.25, 0.3) is 0 Å². The van der Waals surface area contributed by atoms with Gasteiger partial charge < -0.3 is 10.0 Å². The highest BCUT2D eigenvalue weighted by Crippen LogP contribution is 2.22. The SMILES string of the molecule is Cc1nn(C)c(N(C)CC(C)C#N)c1C(=O)O. The van der Waals surface area contributed by atoms with Crippen molar-refractivity contribution in [1.82, 2.24) is 9.78 Å². The number of carboxylic acid groups (broad SMARTS) is 1. The molecule has 0 aliphatic rings. The van der Waals surface area contributed by atoms with Crippen molar-refractivity contribution in [2.24, 2.45) is 13.0 Å². The van der Waals surface area contributed by atoms with Crippen molar-refractivity contribution < 1.29 is 9.90 Å². The summed E-state index contributed by atoms with van der Waals surface area (Å²) in [5, 5.41) is 22.0. The van der Waals surface area contributed by atoms with Gasteiger partial charge in [0, 0.05) is 20.6 Å². The predicted octanol–water partition coefficient (Wildman–Crippen LogP) is 1.02. The van der Waals surface area contributed by atoms with E-state index in [1.807, 2.05) is 0 Å². The van der Waals surface area contributed by atoms with Gasteiger partial charge in [-0.2, -0.15) is 10.4 Å². The Kier molecular flexibility index (Phi) is 3.73. The van der Waals surface area contributed by atoms with E-state index in [4.69, 9.17) is 10.4 Å². The van der Waals surface area contributed by atoms with Gasteiger partial charge >= 0.3 is 5.97 Å². The second kappa shape index (κ2) is 4.87. The smallest absolute Gasteiger partial charge is 0.341 e. The van der Waals surface area contributed by atoms with Gasteiger partial charge in [0.1, 0.15) is 11.4 Å². The summed E-state index contributed by atoms with van der Waals surface area (Å²) in [6.45, 7) is 3.92. The minimum Gasteiger partial charge on any atom is -0.477 e. The van der Waals surface area contributed by atoms with Crippen molar-refractivity contribution >= 4 is 11.8 Å². The van der Waals surface area contributed by atoms with E-state index in [2.05, 4.69) is 11.2 Å². The third-order valence-electron chi connectivity index (χ3n) is 2.54. The van der Waals surface area contributed by atoms with E-state index in [-0.39, 0.29) is 11.5 Å². The van der Waals surface area contributed by atoms with E-state index in [1.54, 1.807) is 32.8 Å². The molecule has 1 N–H and O–H groups in total. The quantitative estimate of drug-likeness (QED) is 0.844. The number of anilines is 1. The fourth-order valence-electron chi connectivity index (χ4n) is 1.87. The maximum atomic E-state index is 11.2. The zero-order valence-electron chi connectivity index (χ0n) is 10.4. The van der Waals surface area contributed by atoms with E-state index in [0.29, 0.717) is 18.1 Å². The first-order valence-corrected chi connectivity index (χ1v) is 5.26. The molecule has 0 bridgehead atoms. The molecule has 1 unspecified atom stereocenters. The Hall–Kier alpha value is -2.03. The number of nitrogens with zero attached hydrogens (tertiary/aromatic N) is 4. The lowest BCUT2D eigenvalue weighted by molar-refractivity contribution is 0.0696. The summed E-state index contributed by atoms with van der Waals surface area (Å²) < 4.78 is 1.53. The molecule has 0 aliphatic carbocycles. The van der Waals surface area contributed by atoms with E-state index >= 15 is 0 Å².